The van der Waals surface area contributed by atoms with Crippen LogP contribution in [-0.2, 0) is 13.1 Å². The van der Waals surface area contributed by atoms with Crippen molar-refractivity contribution in [2.45, 2.75) is 51.7 Å². The van der Waals surface area contributed by atoms with Gasteiger partial charge in [-0.2, -0.15) is 0 Å². The highest BCUT2D eigenvalue weighted by Crippen LogP contribution is 2.12. The molecule has 168 valence electrons. The molecule has 2 N–H and O–H groups in total. The van der Waals surface area contributed by atoms with Gasteiger partial charge in [0.15, 0.2) is 5.96 Å². The maximum absolute atomic E-state index is 4.43. The average Bonchev–Trinajstić information content (AvgIpc) is 2.97. The van der Waals surface area contributed by atoms with E-state index in [1.54, 1.807) is 0 Å². The summed E-state index contributed by atoms with van der Waals surface area (Å²) in [4.78, 5) is 12.0. The summed E-state index contributed by atoms with van der Waals surface area (Å²) in [6.07, 6.45) is 4.90. The van der Waals surface area contributed by atoms with E-state index in [0.29, 0.717) is 6.04 Å². The zero-order valence-electron chi connectivity index (χ0n) is 19.4. The van der Waals surface area contributed by atoms with E-state index in [2.05, 4.69) is 68.6 Å². The molecule has 0 radical (unpaired) electrons. The van der Waals surface area contributed by atoms with Crippen LogP contribution in [0.15, 0.2) is 29.3 Å². The van der Waals surface area contributed by atoms with Gasteiger partial charge in [0.2, 0.25) is 0 Å². The lowest BCUT2D eigenvalue weighted by Gasteiger charge is -2.32. The SMILES string of the molecule is CCCN1CCC(NC(=NC)NCc2ccc(CN3CCCN(C)CC3)cc2)CC1. The molecule has 30 heavy (non-hydrogen) atoms. The predicted molar refractivity (Wildman–Crippen MR) is 127 cm³/mol. The molecule has 0 amide bonds. The standard InChI is InChI=1S/C24H42N6/c1-4-12-29-15-10-23(11-16-29)27-24(25-2)26-19-21-6-8-22(9-7-21)20-30-14-5-13-28(3)17-18-30/h6-9,23H,4-5,10-20H2,1-3H3,(H2,25,26,27). The first-order chi connectivity index (χ1) is 14.7. The number of rotatable bonds is 7. The topological polar surface area (TPSA) is 46.1 Å². The number of hydrogen-bond acceptors (Lipinski definition) is 4. The lowest BCUT2D eigenvalue weighted by Crippen LogP contribution is -2.48. The summed E-state index contributed by atoms with van der Waals surface area (Å²) in [6, 6.07) is 9.60. The number of aliphatic imine (C=N–C) groups is 1. The van der Waals surface area contributed by atoms with Crippen molar-refractivity contribution in [3.8, 4) is 0 Å². The summed E-state index contributed by atoms with van der Waals surface area (Å²) in [5, 5.41) is 7.11. The van der Waals surface area contributed by atoms with Crippen molar-refractivity contribution in [1.29, 1.82) is 0 Å². The Kier molecular flexibility index (Phi) is 9.43. The maximum atomic E-state index is 4.43. The maximum Gasteiger partial charge on any atom is 0.191 e. The van der Waals surface area contributed by atoms with Gasteiger partial charge in [0.05, 0.1) is 0 Å². The first-order valence-corrected chi connectivity index (χ1v) is 11.8. The molecular formula is C24H42N6. The monoisotopic (exact) mass is 414 g/mol. The number of piperidine rings is 1. The van der Waals surface area contributed by atoms with Crippen molar-refractivity contribution in [3.05, 3.63) is 35.4 Å². The molecule has 0 unspecified atom stereocenters. The molecule has 1 aromatic rings. The molecule has 6 nitrogen and oxygen atoms in total. The largest absolute Gasteiger partial charge is 0.354 e. The first-order valence-electron chi connectivity index (χ1n) is 11.8. The van der Waals surface area contributed by atoms with Crippen molar-refractivity contribution < 1.29 is 0 Å². The van der Waals surface area contributed by atoms with Crippen molar-refractivity contribution in [2.75, 3.05) is 59.9 Å². The van der Waals surface area contributed by atoms with Gasteiger partial charge in [-0.3, -0.25) is 9.89 Å². The van der Waals surface area contributed by atoms with Crippen LogP contribution in [0.2, 0.25) is 0 Å². The van der Waals surface area contributed by atoms with Gasteiger partial charge in [-0.05, 0) is 63.5 Å². The molecule has 2 fully saturated rings. The number of hydrogen-bond donors (Lipinski definition) is 2. The van der Waals surface area contributed by atoms with Gasteiger partial charge in [-0.1, -0.05) is 31.2 Å². The fourth-order valence-electron chi connectivity index (χ4n) is 4.47. The summed E-state index contributed by atoms with van der Waals surface area (Å²) in [5.41, 5.74) is 2.71. The highest BCUT2D eigenvalue weighted by atomic mass is 15.2. The van der Waals surface area contributed by atoms with Gasteiger partial charge >= 0.3 is 0 Å². The van der Waals surface area contributed by atoms with Gasteiger partial charge < -0.3 is 20.4 Å². The number of nitrogens with one attached hydrogen (secondary N) is 2. The number of likely N-dealkylation sites (N-methyl/N-ethyl adjacent to an activating group) is 1. The molecule has 6 heteroatoms. The molecule has 2 aliphatic rings. The Morgan fingerprint density at radius 1 is 0.967 bits per heavy atom. The lowest BCUT2D eigenvalue weighted by atomic mass is 10.1. The number of likely N-dealkylation sites (tertiary alicyclic amines) is 1. The Labute approximate surface area is 183 Å². The minimum atomic E-state index is 0.527. The molecule has 1 aromatic carbocycles. The molecule has 3 rings (SSSR count). The minimum absolute atomic E-state index is 0.527. The Morgan fingerprint density at radius 3 is 2.40 bits per heavy atom. The van der Waals surface area contributed by atoms with E-state index in [9.17, 15) is 0 Å². The van der Waals surface area contributed by atoms with Crippen LogP contribution in [0.1, 0.15) is 43.7 Å². The van der Waals surface area contributed by atoms with E-state index in [0.717, 1.165) is 19.0 Å². The molecule has 0 aliphatic carbocycles. The number of nitrogens with zero attached hydrogens (tertiary/aromatic N) is 4. The van der Waals surface area contributed by atoms with Crippen LogP contribution in [0, 0.1) is 0 Å². The van der Waals surface area contributed by atoms with Crippen LogP contribution in [-0.4, -0.2) is 86.6 Å². The van der Waals surface area contributed by atoms with Crippen molar-refractivity contribution >= 4 is 5.96 Å². The van der Waals surface area contributed by atoms with Crippen LogP contribution < -0.4 is 10.6 Å². The average molecular weight is 415 g/mol. The van der Waals surface area contributed by atoms with E-state index in [1.807, 2.05) is 7.05 Å². The molecule has 0 bridgehead atoms. The zero-order valence-corrected chi connectivity index (χ0v) is 19.4. The second-order valence-corrected chi connectivity index (χ2v) is 8.94. The fraction of sp³-hybridized carbons (Fsp3) is 0.708. The summed E-state index contributed by atoms with van der Waals surface area (Å²) in [7, 11) is 4.09. The molecule has 2 saturated heterocycles. The molecule has 0 spiro atoms. The molecule has 2 aliphatic heterocycles. The predicted octanol–water partition coefficient (Wildman–Crippen LogP) is 2.36. The van der Waals surface area contributed by atoms with Gasteiger partial charge in [0.1, 0.15) is 0 Å². The van der Waals surface area contributed by atoms with Crippen LogP contribution in [0.25, 0.3) is 0 Å². The Morgan fingerprint density at radius 2 is 1.70 bits per heavy atom. The van der Waals surface area contributed by atoms with Gasteiger partial charge in [0.25, 0.3) is 0 Å². The van der Waals surface area contributed by atoms with Crippen LogP contribution in [0.4, 0.5) is 0 Å². The zero-order chi connectivity index (χ0) is 21.2. The van der Waals surface area contributed by atoms with Crippen LogP contribution in [0.5, 0.6) is 0 Å². The van der Waals surface area contributed by atoms with Crippen molar-refractivity contribution in [2.24, 2.45) is 4.99 Å². The summed E-state index contributed by atoms with van der Waals surface area (Å²) in [5.74, 6) is 0.918. The Balaban J connectivity index is 1.40. The highest BCUT2D eigenvalue weighted by Gasteiger charge is 2.19. The molecule has 0 saturated carbocycles. The minimum Gasteiger partial charge on any atom is -0.354 e. The lowest BCUT2D eigenvalue weighted by molar-refractivity contribution is 0.206. The third kappa shape index (κ3) is 7.56. The first kappa shape index (κ1) is 23.0. The molecule has 2 heterocycles. The summed E-state index contributed by atoms with van der Waals surface area (Å²) in [6.45, 7) is 12.5. The normalized spacial score (nSPS) is 20.8. The van der Waals surface area contributed by atoms with Gasteiger partial charge in [0, 0.05) is 52.4 Å². The van der Waals surface area contributed by atoms with Crippen LogP contribution in [0.3, 0.4) is 0 Å². The van der Waals surface area contributed by atoms with Gasteiger partial charge in [-0.15, -0.1) is 0 Å². The Hall–Kier alpha value is -1.63. The van der Waals surface area contributed by atoms with Gasteiger partial charge in [-0.25, -0.2) is 0 Å². The molecule has 0 atom stereocenters. The van der Waals surface area contributed by atoms with E-state index in [-0.39, 0.29) is 0 Å². The Bertz CT molecular complexity index is 636. The van der Waals surface area contributed by atoms with E-state index in [4.69, 9.17) is 0 Å². The third-order valence-electron chi connectivity index (χ3n) is 6.39. The summed E-state index contributed by atoms with van der Waals surface area (Å²) >= 11 is 0. The van der Waals surface area contributed by atoms with Crippen molar-refractivity contribution in [3.63, 3.8) is 0 Å². The van der Waals surface area contributed by atoms with E-state index < -0.39 is 0 Å². The van der Waals surface area contributed by atoms with Crippen molar-refractivity contribution in [1.82, 2.24) is 25.3 Å². The second-order valence-electron chi connectivity index (χ2n) is 8.94. The molecular weight excluding hydrogens is 372 g/mol. The highest BCUT2D eigenvalue weighted by molar-refractivity contribution is 5.79. The summed E-state index contributed by atoms with van der Waals surface area (Å²) < 4.78 is 0. The molecule has 0 aromatic heterocycles. The smallest absolute Gasteiger partial charge is 0.191 e. The van der Waals surface area contributed by atoms with E-state index >= 15 is 0 Å². The number of benzene rings is 1. The quantitative estimate of drug-likeness (QED) is 0.530. The van der Waals surface area contributed by atoms with Crippen LogP contribution >= 0.6 is 0 Å². The third-order valence-corrected chi connectivity index (χ3v) is 6.39. The second kappa shape index (κ2) is 12.3. The fourth-order valence-corrected chi connectivity index (χ4v) is 4.47. The number of guanidine groups is 1. The van der Waals surface area contributed by atoms with E-state index in [1.165, 1.54) is 82.6 Å².